The number of amides is 1. The first-order valence-corrected chi connectivity index (χ1v) is 8.85. The van der Waals surface area contributed by atoms with Gasteiger partial charge in [0.05, 0.1) is 0 Å². The molecule has 0 spiro atoms. The second kappa shape index (κ2) is 8.05. The molecular formula is C19H16F2N2O2S. The van der Waals surface area contributed by atoms with Gasteiger partial charge in [0.1, 0.15) is 34.7 Å². The van der Waals surface area contributed by atoms with Gasteiger partial charge < -0.3 is 10.1 Å². The third-order valence-electron chi connectivity index (χ3n) is 3.54. The summed E-state index contributed by atoms with van der Waals surface area (Å²) in [5.41, 5.74) is 1.21. The molecule has 0 aliphatic carbocycles. The van der Waals surface area contributed by atoms with E-state index in [-0.39, 0.29) is 24.0 Å². The highest BCUT2D eigenvalue weighted by atomic mass is 32.1. The van der Waals surface area contributed by atoms with Crippen LogP contribution in [0.15, 0.2) is 47.8 Å². The number of hydrogen-bond acceptors (Lipinski definition) is 4. The number of benzene rings is 2. The lowest BCUT2D eigenvalue weighted by atomic mass is 10.2. The number of thiazole rings is 1. The molecule has 0 bridgehead atoms. The monoisotopic (exact) mass is 374 g/mol. The van der Waals surface area contributed by atoms with Crippen molar-refractivity contribution >= 4 is 17.2 Å². The quantitative estimate of drug-likeness (QED) is 0.695. The van der Waals surface area contributed by atoms with Gasteiger partial charge in [0, 0.05) is 23.6 Å². The van der Waals surface area contributed by atoms with E-state index in [4.69, 9.17) is 4.74 Å². The lowest BCUT2D eigenvalue weighted by molar-refractivity contribution is 0.0951. The van der Waals surface area contributed by atoms with Crippen LogP contribution in [0.3, 0.4) is 0 Å². The third-order valence-corrected chi connectivity index (χ3v) is 4.42. The number of nitrogens with zero attached hydrogens (tertiary/aromatic N) is 1. The number of aromatic nitrogens is 1. The first-order chi connectivity index (χ1) is 12.6. The molecule has 0 radical (unpaired) electrons. The fraction of sp³-hybridized carbons (Fsp3) is 0.158. The Morgan fingerprint density at radius 3 is 2.81 bits per heavy atom. The predicted molar refractivity (Wildman–Crippen MR) is 96.2 cm³/mol. The third kappa shape index (κ3) is 4.23. The summed E-state index contributed by atoms with van der Waals surface area (Å²) in [6.45, 7) is 2.44. The summed E-state index contributed by atoms with van der Waals surface area (Å²) in [6.07, 6.45) is 0. The molecule has 4 nitrogen and oxygen atoms in total. The van der Waals surface area contributed by atoms with Crippen LogP contribution in [0, 0.1) is 11.6 Å². The molecule has 3 aromatic rings. The molecule has 26 heavy (non-hydrogen) atoms. The van der Waals surface area contributed by atoms with Gasteiger partial charge in [0.2, 0.25) is 0 Å². The van der Waals surface area contributed by atoms with Crippen LogP contribution < -0.4 is 10.1 Å². The van der Waals surface area contributed by atoms with Crippen LogP contribution in [-0.4, -0.2) is 17.4 Å². The number of carbonyl (C=O) groups excluding carboxylic acids is 1. The number of halogens is 2. The molecule has 0 atom stereocenters. The van der Waals surface area contributed by atoms with E-state index in [1.165, 1.54) is 29.5 Å². The van der Waals surface area contributed by atoms with Gasteiger partial charge in [0.15, 0.2) is 0 Å². The van der Waals surface area contributed by atoms with Crippen molar-refractivity contribution in [1.82, 2.24) is 10.3 Å². The van der Waals surface area contributed by atoms with E-state index in [1.54, 1.807) is 29.6 Å². The standard InChI is InChI=1S/C19H16F2N2O2S/c1-2-22-18(24)17-11-26-19(23-17)15-7-6-14(9-16(15)21)25-10-12-4-3-5-13(20)8-12/h3-9,11H,2,10H2,1H3,(H,22,24). The molecule has 0 saturated heterocycles. The molecule has 1 N–H and O–H groups in total. The zero-order valence-electron chi connectivity index (χ0n) is 14.0. The Morgan fingerprint density at radius 2 is 2.08 bits per heavy atom. The van der Waals surface area contributed by atoms with Gasteiger partial charge in [-0.2, -0.15) is 0 Å². The maximum absolute atomic E-state index is 14.4. The first-order valence-electron chi connectivity index (χ1n) is 7.97. The molecule has 7 heteroatoms. The van der Waals surface area contributed by atoms with Crippen LogP contribution in [0.5, 0.6) is 5.75 Å². The maximum Gasteiger partial charge on any atom is 0.270 e. The van der Waals surface area contributed by atoms with Gasteiger partial charge in [0.25, 0.3) is 5.91 Å². The average Bonchev–Trinajstić information content (AvgIpc) is 3.10. The summed E-state index contributed by atoms with van der Waals surface area (Å²) in [6, 6.07) is 10.5. The van der Waals surface area contributed by atoms with Crippen molar-refractivity contribution < 1.29 is 18.3 Å². The highest BCUT2D eigenvalue weighted by Crippen LogP contribution is 2.29. The van der Waals surface area contributed by atoms with Crippen LogP contribution in [0.1, 0.15) is 23.0 Å². The van der Waals surface area contributed by atoms with E-state index in [0.29, 0.717) is 28.4 Å². The lowest BCUT2D eigenvalue weighted by Crippen LogP contribution is -2.22. The van der Waals surface area contributed by atoms with E-state index >= 15 is 0 Å². The van der Waals surface area contributed by atoms with Gasteiger partial charge in [-0.15, -0.1) is 11.3 Å². The van der Waals surface area contributed by atoms with Crippen molar-refractivity contribution in [3.05, 3.63) is 70.7 Å². The topological polar surface area (TPSA) is 51.2 Å². The van der Waals surface area contributed by atoms with Crippen LogP contribution in [0.25, 0.3) is 10.6 Å². The highest BCUT2D eigenvalue weighted by molar-refractivity contribution is 7.13. The van der Waals surface area contributed by atoms with Crippen LogP contribution >= 0.6 is 11.3 Å². The van der Waals surface area contributed by atoms with E-state index in [9.17, 15) is 13.6 Å². The van der Waals surface area contributed by atoms with Gasteiger partial charge in [-0.05, 0) is 36.8 Å². The highest BCUT2D eigenvalue weighted by Gasteiger charge is 2.14. The number of nitrogens with one attached hydrogen (secondary N) is 1. The van der Waals surface area contributed by atoms with Gasteiger partial charge in [-0.1, -0.05) is 12.1 Å². The lowest BCUT2D eigenvalue weighted by Gasteiger charge is -2.08. The molecule has 2 aromatic carbocycles. The minimum atomic E-state index is -0.501. The molecule has 0 fully saturated rings. The molecule has 1 heterocycles. The zero-order valence-corrected chi connectivity index (χ0v) is 14.8. The van der Waals surface area contributed by atoms with Crippen molar-refractivity contribution in [2.45, 2.75) is 13.5 Å². The van der Waals surface area contributed by atoms with E-state index in [1.807, 2.05) is 6.92 Å². The average molecular weight is 374 g/mol. The number of rotatable bonds is 6. The smallest absolute Gasteiger partial charge is 0.270 e. The van der Waals surface area contributed by atoms with E-state index in [2.05, 4.69) is 10.3 Å². The summed E-state index contributed by atoms with van der Waals surface area (Å²) < 4.78 is 33.1. The Balaban J connectivity index is 1.72. The van der Waals surface area contributed by atoms with Crippen LogP contribution in [0.4, 0.5) is 8.78 Å². The summed E-state index contributed by atoms with van der Waals surface area (Å²) in [4.78, 5) is 15.9. The Kier molecular flexibility index (Phi) is 5.58. The Hall–Kier alpha value is -2.80. The molecule has 1 amide bonds. The zero-order chi connectivity index (χ0) is 18.5. The van der Waals surface area contributed by atoms with Gasteiger partial charge in [-0.25, -0.2) is 13.8 Å². The Bertz CT molecular complexity index is 927. The van der Waals surface area contributed by atoms with Crippen molar-refractivity contribution in [3.8, 4) is 16.3 Å². The Morgan fingerprint density at radius 1 is 1.23 bits per heavy atom. The molecule has 0 aliphatic rings. The minimum Gasteiger partial charge on any atom is -0.489 e. The minimum absolute atomic E-state index is 0.134. The fourth-order valence-electron chi connectivity index (χ4n) is 2.31. The van der Waals surface area contributed by atoms with Crippen molar-refractivity contribution in [1.29, 1.82) is 0 Å². The molecule has 0 aliphatic heterocycles. The Labute approximate surface area is 153 Å². The van der Waals surface area contributed by atoms with E-state index < -0.39 is 5.82 Å². The molecular weight excluding hydrogens is 358 g/mol. The molecule has 0 saturated carbocycles. The van der Waals surface area contributed by atoms with Crippen molar-refractivity contribution in [2.24, 2.45) is 0 Å². The second-order valence-electron chi connectivity index (χ2n) is 5.46. The number of carbonyl (C=O) groups is 1. The van der Waals surface area contributed by atoms with Gasteiger partial charge in [-0.3, -0.25) is 4.79 Å². The second-order valence-corrected chi connectivity index (χ2v) is 6.32. The summed E-state index contributed by atoms with van der Waals surface area (Å²) in [5.74, 6) is -0.806. The molecule has 134 valence electrons. The van der Waals surface area contributed by atoms with Crippen LogP contribution in [-0.2, 0) is 6.61 Å². The SMILES string of the molecule is CCNC(=O)c1csc(-c2ccc(OCc3cccc(F)c3)cc2F)n1. The van der Waals surface area contributed by atoms with Gasteiger partial charge >= 0.3 is 0 Å². The molecule has 0 unspecified atom stereocenters. The predicted octanol–water partition coefficient (Wildman–Crippen LogP) is 4.42. The maximum atomic E-state index is 14.4. The van der Waals surface area contributed by atoms with Crippen LogP contribution in [0.2, 0.25) is 0 Å². The number of hydrogen-bond donors (Lipinski definition) is 1. The summed E-state index contributed by atoms with van der Waals surface area (Å²) in [7, 11) is 0. The largest absolute Gasteiger partial charge is 0.489 e. The first kappa shape index (κ1) is 18.0. The summed E-state index contributed by atoms with van der Waals surface area (Å²) in [5, 5.41) is 4.66. The van der Waals surface area contributed by atoms with Crippen molar-refractivity contribution in [3.63, 3.8) is 0 Å². The fourth-order valence-corrected chi connectivity index (χ4v) is 3.13. The molecule has 3 rings (SSSR count). The normalized spacial score (nSPS) is 10.6. The summed E-state index contributed by atoms with van der Waals surface area (Å²) >= 11 is 1.19. The van der Waals surface area contributed by atoms with E-state index in [0.717, 1.165) is 0 Å². The number of ether oxygens (including phenoxy) is 1. The van der Waals surface area contributed by atoms with Crippen molar-refractivity contribution in [2.75, 3.05) is 6.54 Å². The molecule has 1 aromatic heterocycles.